The van der Waals surface area contributed by atoms with E-state index in [1.165, 1.54) is 13.4 Å². The van der Waals surface area contributed by atoms with Crippen LogP contribution >= 0.6 is 0 Å². The molecule has 2 N–H and O–H groups in total. The summed E-state index contributed by atoms with van der Waals surface area (Å²) in [5.74, 6) is 3.83. The van der Waals surface area contributed by atoms with Crippen molar-refractivity contribution in [1.82, 2.24) is 14.9 Å². The van der Waals surface area contributed by atoms with E-state index in [-0.39, 0.29) is 12.0 Å². The van der Waals surface area contributed by atoms with E-state index in [4.69, 9.17) is 11.2 Å². The first kappa shape index (κ1) is 18.7. The van der Waals surface area contributed by atoms with Gasteiger partial charge in [-0.15, -0.1) is 6.42 Å². The Morgan fingerprint density at radius 2 is 2.22 bits per heavy atom. The number of carbonyl (C=O) groups excluding carboxylic acids is 1. The van der Waals surface area contributed by atoms with Crippen molar-refractivity contribution in [1.29, 1.82) is 0 Å². The Morgan fingerprint density at radius 1 is 1.37 bits per heavy atom. The van der Waals surface area contributed by atoms with Gasteiger partial charge < -0.3 is 15.4 Å². The van der Waals surface area contributed by atoms with Crippen LogP contribution in [0.25, 0.3) is 0 Å². The normalized spacial score (nSPS) is 17.0. The molecular weight excluding hydrogens is 342 g/mol. The van der Waals surface area contributed by atoms with Gasteiger partial charge in [-0.1, -0.05) is 12.0 Å². The van der Waals surface area contributed by atoms with E-state index < -0.39 is 0 Å². The molecule has 2 aromatic rings. The first-order valence-electron chi connectivity index (χ1n) is 8.87. The monoisotopic (exact) mass is 365 g/mol. The molecule has 7 heteroatoms. The number of methoxy groups -OCH3 is 1. The molecule has 1 unspecified atom stereocenters. The highest BCUT2D eigenvalue weighted by molar-refractivity contribution is 5.71. The molecule has 0 saturated carbocycles. The average Bonchev–Trinajstić information content (AvgIpc) is 2.68. The summed E-state index contributed by atoms with van der Waals surface area (Å²) in [4.78, 5) is 22.1. The summed E-state index contributed by atoms with van der Waals surface area (Å²) in [6.07, 6.45) is 9.00. The van der Waals surface area contributed by atoms with Gasteiger partial charge in [0.05, 0.1) is 13.7 Å². The van der Waals surface area contributed by atoms with Crippen molar-refractivity contribution >= 4 is 23.3 Å². The van der Waals surface area contributed by atoms with Crippen molar-refractivity contribution in [2.75, 3.05) is 37.4 Å². The molecular formula is C20H23N5O2. The Hall–Kier alpha value is -3.11. The van der Waals surface area contributed by atoms with Crippen molar-refractivity contribution in [2.24, 2.45) is 0 Å². The standard InChI is InChI=1S/C20H23N5O2/c1-3-15-6-4-7-16(10-15)23-18-11-19(22-14-21-18)24-17-8-5-9-25(12-17)13-20(26)27-2/h1,4,6-7,10-11,14,17H,5,8-9,12-13H2,2H3,(H2,21,22,23,24). The molecule has 0 amide bonds. The van der Waals surface area contributed by atoms with E-state index in [1.54, 1.807) is 0 Å². The zero-order valence-electron chi connectivity index (χ0n) is 15.3. The van der Waals surface area contributed by atoms with Gasteiger partial charge in [-0.05, 0) is 37.6 Å². The number of piperidine rings is 1. The largest absolute Gasteiger partial charge is 0.468 e. The lowest BCUT2D eigenvalue weighted by Gasteiger charge is -2.32. The molecule has 7 nitrogen and oxygen atoms in total. The first-order chi connectivity index (χ1) is 13.2. The average molecular weight is 365 g/mol. The third-order valence-corrected chi connectivity index (χ3v) is 4.41. The van der Waals surface area contributed by atoms with Crippen molar-refractivity contribution in [2.45, 2.75) is 18.9 Å². The number of hydrogen-bond donors (Lipinski definition) is 2. The fourth-order valence-electron chi connectivity index (χ4n) is 3.11. The number of ether oxygens (including phenoxy) is 1. The molecule has 1 atom stereocenters. The van der Waals surface area contributed by atoms with Crippen molar-refractivity contribution in [3.05, 3.63) is 42.2 Å². The number of benzene rings is 1. The number of rotatable bonds is 6. The van der Waals surface area contributed by atoms with Gasteiger partial charge in [-0.2, -0.15) is 0 Å². The van der Waals surface area contributed by atoms with Gasteiger partial charge in [0.1, 0.15) is 18.0 Å². The molecule has 1 aliphatic rings. The van der Waals surface area contributed by atoms with Gasteiger partial charge in [0.15, 0.2) is 0 Å². The van der Waals surface area contributed by atoms with E-state index in [1.807, 2.05) is 30.3 Å². The van der Waals surface area contributed by atoms with Gasteiger partial charge >= 0.3 is 5.97 Å². The number of aromatic nitrogens is 2. The second kappa shape index (κ2) is 9.01. The second-order valence-corrected chi connectivity index (χ2v) is 6.43. The Bertz CT molecular complexity index is 833. The molecule has 1 saturated heterocycles. The molecule has 0 spiro atoms. The molecule has 27 heavy (non-hydrogen) atoms. The van der Waals surface area contributed by atoms with Gasteiger partial charge in [0, 0.05) is 29.9 Å². The minimum Gasteiger partial charge on any atom is -0.468 e. The number of hydrogen-bond acceptors (Lipinski definition) is 7. The van der Waals surface area contributed by atoms with Crippen LogP contribution in [0.5, 0.6) is 0 Å². The van der Waals surface area contributed by atoms with Gasteiger partial charge in [-0.3, -0.25) is 9.69 Å². The lowest BCUT2D eigenvalue weighted by Crippen LogP contribution is -2.44. The Morgan fingerprint density at radius 3 is 3.04 bits per heavy atom. The Labute approximate surface area is 159 Å². The lowest BCUT2D eigenvalue weighted by molar-refractivity contribution is -0.142. The van der Waals surface area contributed by atoms with Gasteiger partial charge in [0.25, 0.3) is 0 Å². The van der Waals surface area contributed by atoms with E-state index in [9.17, 15) is 4.79 Å². The third-order valence-electron chi connectivity index (χ3n) is 4.41. The number of nitrogens with one attached hydrogen (secondary N) is 2. The zero-order chi connectivity index (χ0) is 19.1. The summed E-state index contributed by atoms with van der Waals surface area (Å²) in [5, 5.41) is 6.67. The fourth-order valence-corrected chi connectivity index (χ4v) is 3.11. The molecule has 140 valence electrons. The molecule has 1 fully saturated rings. The van der Waals surface area contributed by atoms with E-state index in [0.29, 0.717) is 12.4 Å². The molecule has 0 bridgehead atoms. The summed E-state index contributed by atoms with van der Waals surface area (Å²) in [5.41, 5.74) is 1.68. The smallest absolute Gasteiger partial charge is 0.319 e. The quantitative estimate of drug-likeness (QED) is 0.600. The SMILES string of the molecule is C#Cc1cccc(Nc2cc(NC3CCCN(CC(=O)OC)C3)ncn2)c1. The number of carbonyl (C=O) groups is 1. The topological polar surface area (TPSA) is 79.4 Å². The fraction of sp³-hybridized carbons (Fsp3) is 0.350. The van der Waals surface area contributed by atoms with Crippen LogP contribution in [-0.4, -0.2) is 53.6 Å². The number of esters is 1. The maximum atomic E-state index is 11.5. The molecule has 0 aliphatic carbocycles. The van der Waals surface area contributed by atoms with Crippen LogP contribution in [0.3, 0.4) is 0 Å². The van der Waals surface area contributed by atoms with Gasteiger partial charge in [0.2, 0.25) is 0 Å². The van der Waals surface area contributed by atoms with Crippen molar-refractivity contribution in [3.8, 4) is 12.3 Å². The highest BCUT2D eigenvalue weighted by Crippen LogP contribution is 2.19. The molecule has 1 aromatic heterocycles. The first-order valence-corrected chi connectivity index (χ1v) is 8.87. The maximum Gasteiger partial charge on any atom is 0.319 e. The van der Waals surface area contributed by atoms with Crippen LogP contribution in [0.15, 0.2) is 36.7 Å². The molecule has 2 heterocycles. The minimum atomic E-state index is -0.210. The van der Waals surface area contributed by atoms with Crippen LogP contribution in [0.4, 0.5) is 17.3 Å². The van der Waals surface area contributed by atoms with Crippen LogP contribution in [0.1, 0.15) is 18.4 Å². The van der Waals surface area contributed by atoms with E-state index in [2.05, 4.69) is 31.4 Å². The highest BCUT2D eigenvalue weighted by atomic mass is 16.5. The van der Waals surface area contributed by atoms with Crippen molar-refractivity contribution in [3.63, 3.8) is 0 Å². The molecule has 3 rings (SSSR count). The summed E-state index contributed by atoms with van der Waals surface area (Å²) in [6.45, 7) is 1.98. The minimum absolute atomic E-state index is 0.210. The number of terminal acetylenes is 1. The van der Waals surface area contributed by atoms with E-state index in [0.717, 1.165) is 43.0 Å². The van der Waals surface area contributed by atoms with E-state index >= 15 is 0 Å². The molecule has 1 aromatic carbocycles. The van der Waals surface area contributed by atoms with Crippen LogP contribution in [0.2, 0.25) is 0 Å². The number of nitrogens with zero attached hydrogens (tertiary/aromatic N) is 3. The third kappa shape index (κ3) is 5.43. The lowest BCUT2D eigenvalue weighted by atomic mass is 10.1. The van der Waals surface area contributed by atoms with Crippen LogP contribution in [-0.2, 0) is 9.53 Å². The number of anilines is 3. The molecule has 1 aliphatic heterocycles. The Balaban J connectivity index is 1.61. The zero-order valence-corrected chi connectivity index (χ0v) is 15.3. The summed E-state index contributed by atoms with van der Waals surface area (Å²) in [7, 11) is 1.41. The predicted octanol–water partition coefficient (Wildman–Crippen LogP) is 2.25. The van der Waals surface area contributed by atoms with Gasteiger partial charge in [-0.25, -0.2) is 9.97 Å². The summed E-state index contributed by atoms with van der Waals surface area (Å²) in [6, 6.07) is 9.68. The molecule has 0 radical (unpaired) electrons. The number of likely N-dealkylation sites (tertiary alicyclic amines) is 1. The Kier molecular flexibility index (Phi) is 6.23. The van der Waals surface area contributed by atoms with Crippen LogP contribution < -0.4 is 10.6 Å². The summed E-state index contributed by atoms with van der Waals surface area (Å²) >= 11 is 0. The van der Waals surface area contributed by atoms with Crippen molar-refractivity contribution < 1.29 is 9.53 Å². The predicted molar refractivity (Wildman–Crippen MR) is 105 cm³/mol. The summed E-state index contributed by atoms with van der Waals surface area (Å²) < 4.78 is 4.75. The second-order valence-electron chi connectivity index (χ2n) is 6.43. The highest BCUT2D eigenvalue weighted by Gasteiger charge is 2.22. The maximum absolute atomic E-state index is 11.5. The van der Waals surface area contributed by atoms with Crippen LogP contribution in [0, 0.1) is 12.3 Å².